The van der Waals surface area contributed by atoms with Gasteiger partial charge in [0.05, 0.1) is 0 Å². The molecule has 0 radical (unpaired) electrons. The summed E-state index contributed by atoms with van der Waals surface area (Å²) in [6.07, 6.45) is 5.61. The topological polar surface area (TPSA) is 12.0 Å². The van der Waals surface area contributed by atoms with Gasteiger partial charge in [0.1, 0.15) is 0 Å². The van der Waals surface area contributed by atoms with Crippen LogP contribution in [0.1, 0.15) is 60.3 Å². The van der Waals surface area contributed by atoms with E-state index in [0.29, 0.717) is 5.41 Å². The van der Waals surface area contributed by atoms with E-state index >= 15 is 0 Å². The maximum atomic E-state index is 3.63. The molecule has 2 unspecified atom stereocenters. The summed E-state index contributed by atoms with van der Waals surface area (Å²) in [5.74, 6) is 0.951. The van der Waals surface area contributed by atoms with Crippen LogP contribution in [0.5, 0.6) is 0 Å². The van der Waals surface area contributed by atoms with E-state index in [2.05, 4.69) is 39.9 Å². The van der Waals surface area contributed by atoms with E-state index in [1.165, 1.54) is 32.2 Å². The predicted octanol–water partition coefficient (Wildman–Crippen LogP) is 3.59. The van der Waals surface area contributed by atoms with Gasteiger partial charge in [0.25, 0.3) is 0 Å². The summed E-state index contributed by atoms with van der Waals surface area (Å²) >= 11 is 0. The monoisotopic (exact) mass is 197 g/mol. The summed E-state index contributed by atoms with van der Waals surface area (Å²) in [6, 6.07) is 0. The van der Waals surface area contributed by atoms with Crippen LogP contribution in [0.3, 0.4) is 0 Å². The molecule has 1 N–H and O–H groups in total. The minimum absolute atomic E-state index is 0.286. The highest BCUT2D eigenvalue weighted by Crippen LogP contribution is 2.58. The van der Waals surface area contributed by atoms with Crippen molar-refractivity contribution in [1.82, 2.24) is 5.32 Å². The van der Waals surface area contributed by atoms with Gasteiger partial charge in [-0.25, -0.2) is 0 Å². The van der Waals surface area contributed by atoms with Gasteiger partial charge < -0.3 is 5.32 Å². The first-order valence-corrected chi connectivity index (χ1v) is 6.18. The van der Waals surface area contributed by atoms with E-state index in [4.69, 9.17) is 0 Å². The van der Waals surface area contributed by atoms with Crippen LogP contribution in [0.25, 0.3) is 0 Å². The van der Waals surface area contributed by atoms with Crippen molar-refractivity contribution in [3.8, 4) is 0 Å². The van der Waals surface area contributed by atoms with Gasteiger partial charge in [0, 0.05) is 5.54 Å². The van der Waals surface area contributed by atoms with Crippen LogP contribution in [0.15, 0.2) is 0 Å². The Kier molecular flexibility index (Phi) is 3.63. The van der Waals surface area contributed by atoms with Gasteiger partial charge in [-0.1, -0.05) is 26.7 Å². The lowest BCUT2D eigenvalue weighted by atomic mass is 9.94. The van der Waals surface area contributed by atoms with E-state index in [0.717, 1.165) is 5.92 Å². The number of hydrogen-bond donors (Lipinski definition) is 1. The minimum Gasteiger partial charge on any atom is -0.312 e. The molecule has 1 aliphatic rings. The van der Waals surface area contributed by atoms with Crippen molar-refractivity contribution in [1.29, 1.82) is 0 Å². The molecular weight excluding hydrogens is 170 g/mol. The van der Waals surface area contributed by atoms with Crippen LogP contribution >= 0.6 is 0 Å². The van der Waals surface area contributed by atoms with E-state index in [1.807, 2.05) is 0 Å². The molecule has 84 valence electrons. The van der Waals surface area contributed by atoms with Crippen molar-refractivity contribution in [2.75, 3.05) is 6.54 Å². The lowest BCUT2D eigenvalue weighted by Gasteiger charge is -2.22. The maximum absolute atomic E-state index is 3.63. The highest BCUT2D eigenvalue weighted by atomic mass is 15.0. The van der Waals surface area contributed by atoms with Crippen molar-refractivity contribution >= 4 is 0 Å². The van der Waals surface area contributed by atoms with Crippen LogP contribution in [0.4, 0.5) is 0 Å². The third-order valence-electron chi connectivity index (χ3n) is 3.69. The lowest BCUT2D eigenvalue weighted by molar-refractivity contribution is 0.354. The summed E-state index contributed by atoms with van der Waals surface area (Å²) in [6.45, 7) is 12.6. The molecule has 1 heteroatoms. The molecule has 0 spiro atoms. The van der Waals surface area contributed by atoms with Crippen molar-refractivity contribution in [3.63, 3.8) is 0 Å². The molecule has 1 rings (SSSR count). The molecule has 0 aromatic heterocycles. The molecule has 1 aliphatic carbocycles. The van der Waals surface area contributed by atoms with Crippen LogP contribution < -0.4 is 5.32 Å². The first kappa shape index (κ1) is 12.0. The molecular formula is C13H27N. The largest absolute Gasteiger partial charge is 0.312 e. The van der Waals surface area contributed by atoms with Crippen molar-refractivity contribution < 1.29 is 0 Å². The van der Waals surface area contributed by atoms with E-state index < -0.39 is 0 Å². The van der Waals surface area contributed by atoms with E-state index in [9.17, 15) is 0 Å². The van der Waals surface area contributed by atoms with Crippen LogP contribution in [0.2, 0.25) is 0 Å². The van der Waals surface area contributed by atoms with Gasteiger partial charge in [0.2, 0.25) is 0 Å². The molecule has 14 heavy (non-hydrogen) atoms. The van der Waals surface area contributed by atoms with Crippen molar-refractivity contribution in [2.24, 2.45) is 11.3 Å². The Morgan fingerprint density at radius 3 is 2.36 bits per heavy atom. The van der Waals surface area contributed by atoms with Gasteiger partial charge in [0.15, 0.2) is 0 Å². The fourth-order valence-corrected chi connectivity index (χ4v) is 2.56. The summed E-state index contributed by atoms with van der Waals surface area (Å²) in [5, 5.41) is 3.63. The Morgan fingerprint density at radius 1 is 1.29 bits per heavy atom. The van der Waals surface area contributed by atoms with Crippen molar-refractivity contribution in [2.45, 2.75) is 65.8 Å². The fraction of sp³-hybridized carbons (Fsp3) is 1.00. The normalized spacial score (nSPS) is 31.9. The van der Waals surface area contributed by atoms with E-state index in [-0.39, 0.29) is 5.54 Å². The molecule has 0 aromatic rings. The second-order valence-electron chi connectivity index (χ2n) is 6.00. The summed E-state index contributed by atoms with van der Waals surface area (Å²) in [4.78, 5) is 0. The third kappa shape index (κ3) is 2.98. The molecule has 0 bridgehead atoms. The minimum atomic E-state index is 0.286. The smallest absolute Gasteiger partial charge is 0.00966 e. The SMILES string of the molecule is CCCC1(CC)CC1CNC(C)(C)C. The van der Waals surface area contributed by atoms with Gasteiger partial charge in [-0.2, -0.15) is 0 Å². The summed E-state index contributed by atoms with van der Waals surface area (Å²) < 4.78 is 0. The molecule has 0 saturated heterocycles. The van der Waals surface area contributed by atoms with Crippen LogP contribution in [-0.4, -0.2) is 12.1 Å². The average molecular weight is 197 g/mol. The van der Waals surface area contributed by atoms with E-state index in [1.54, 1.807) is 0 Å². The first-order valence-electron chi connectivity index (χ1n) is 6.18. The molecule has 1 saturated carbocycles. The third-order valence-corrected chi connectivity index (χ3v) is 3.69. The van der Waals surface area contributed by atoms with Crippen LogP contribution in [0, 0.1) is 11.3 Å². The molecule has 2 atom stereocenters. The van der Waals surface area contributed by atoms with Gasteiger partial charge >= 0.3 is 0 Å². The molecule has 0 aromatic carbocycles. The molecule has 0 heterocycles. The Balaban J connectivity index is 2.30. The van der Waals surface area contributed by atoms with Crippen molar-refractivity contribution in [3.05, 3.63) is 0 Å². The molecule has 0 aliphatic heterocycles. The number of hydrogen-bond acceptors (Lipinski definition) is 1. The predicted molar refractivity (Wildman–Crippen MR) is 63.5 cm³/mol. The second-order valence-corrected chi connectivity index (χ2v) is 6.00. The molecule has 0 amide bonds. The molecule has 1 fully saturated rings. The highest BCUT2D eigenvalue weighted by Gasteiger charge is 2.50. The average Bonchev–Trinajstić information content (AvgIpc) is 2.76. The Labute approximate surface area is 89.7 Å². The zero-order valence-corrected chi connectivity index (χ0v) is 10.6. The number of nitrogens with one attached hydrogen (secondary N) is 1. The Bertz CT molecular complexity index is 180. The quantitative estimate of drug-likeness (QED) is 0.710. The molecule has 1 nitrogen and oxygen atoms in total. The van der Waals surface area contributed by atoms with Gasteiger partial charge in [-0.3, -0.25) is 0 Å². The highest BCUT2D eigenvalue weighted by molar-refractivity contribution is 5.02. The summed E-state index contributed by atoms with van der Waals surface area (Å²) in [5.41, 5.74) is 1.00. The Hall–Kier alpha value is -0.0400. The first-order chi connectivity index (χ1) is 6.43. The Morgan fingerprint density at radius 2 is 1.93 bits per heavy atom. The fourth-order valence-electron chi connectivity index (χ4n) is 2.56. The standard InChI is InChI=1S/C13H27N/c1-6-8-13(7-2)9-11(13)10-14-12(3,4)5/h11,14H,6-10H2,1-5H3. The summed E-state index contributed by atoms with van der Waals surface area (Å²) in [7, 11) is 0. The van der Waals surface area contributed by atoms with Gasteiger partial charge in [-0.15, -0.1) is 0 Å². The second kappa shape index (κ2) is 4.22. The zero-order valence-electron chi connectivity index (χ0n) is 10.6. The van der Waals surface area contributed by atoms with Crippen LogP contribution in [-0.2, 0) is 0 Å². The lowest BCUT2D eigenvalue weighted by Crippen LogP contribution is -2.37. The van der Waals surface area contributed by atoms with Gasteiger partial charge in [-0.05, 0) is 51.5 Å². The number of rotatable bonds is 5. The maximum Gasteiger partial charge on any atom is 0.00966 e. The zero-order chi connectivity index (χ0) is 10.8.